The van der Waals surface area contributed by atoms with Crippen LogP contribution in [-0.4, -0.2) is 79.5 Å². The molecule has 4 rings (SSSR count). The van der Waals surface area contributed by atoms with Crippen LogP contribution in [0.3, 0.4) is 0 Å². The minimum absolute atomic E-state index is 0.135. The molecule has 2 aromatic carbocycles. The van der Waals surface area contributed by atoms with E-state index in [4.69, 9.17) is 0 Å². The van der Waals surface area contributed by atoms with E-state index in [0.29, 0.717) is 45.0 Å². The standard InChI is InChI=1S/C24H30F2N4O/c25-21-7-2-1-6-20(21)18-27-10-5-11-28(13-12-27)19-24(31)30-16-14-29(15-17-30)23-9-4-3-8-22(23)26/h1-4,6-9H,5,10-19H2. The van der Waals surface area contributed by atoms with E-state index in [1.807, 2.05) is 28.0 Å². The number of carbonyl (C=O) groups is 1. The summed E-state index contributed by atoms with van der Waals surface area (Å²) in [5.41, 5.74) is 1.33. The van der Waals surface area contributed by atoms with Crippen molar-refractivity contribution in [2.45, 2.75) is 13.0 Å². The van der Waals surface area contributed by atoms with E-state index in [2.05, 4.69) is 9.80 Å². The van der Waals surface area contributed by atoms with E-state index in [0.717, 1.165) is 38.2 Å². The zero-order valence-corrected chi connectivity index (χ0v) is 17.9. The highest BCUT2D eigenvalue weighted by atomic mass is 19.1. The van der Waals surface area contributed by atoms with Crippen molar-refractivity contribution in [2.75, 3.05) is 63.8 Å². The minimum Gasteiger partial charge on any atom is -0.366 e. The third kappa shape index (κ3) is 5.60. The predicted octanol–water partition coefficient (Wildman–Crippen LogP) is 2.82. The Bertz CT molecular complexity index is 885. The quantitative estimate of drug-likeness (QED) is 0.733. The van der Waals surface area contributed by atoms with Gasteiger partial charge >= 0.3 is 0 Å². The second-order valence-electron chi connectivity index (χ2n) is 8.32. The topological polar surface area (TPSA) is 30.0 Å². The van der Waals surface area contributed by atoms with Gasteiger partial charge in [0.15, 0.2) is 0 Å². The predicted molar refractivity (Wildman–Crippen MR) is 118 cm³/mol. The van der Waals surface area contributed by atoms with Crippen molar-refractivity contribution < 1.29 is 13.6 Å². The summed E-state index contributed by atoms with van der Waals surface area (Å²) in [7, 11) is 0. The number of piperazine rings is 1. The molecular weight excluding hydrogens is 398 g/mol. The number of nitrogens with zero attached hydrogens (tertiary/aromatic N) is 4. The molecule has 166 valence electrons. The van der Waals surface area contributed by atoms with E-state index < -0.39 is 0 Å². The van der Waals surface area contributed by atoms with Gasteiger partial charge in [0, 0.05) is 51.4 Å². The van der Waals surface area contributed by atoms with E-state index in [-0.39, 0.29) is 17.5 Å². The molecule has 2 saturated heterocycles. The number of anilines is 1. The van der Waals surface area contributed by atoms with E-state index >= 15 is 0 Å². The van der Waals surface area contributed by atoms with Crippen molar-refractivity contribution in [3.05, 3.63) is 65.7 Å². The first kappa shape index (κ1) is 21.7. The van der Waals surface area contributed by atoms with Gasteiger partial charge in [-0.15, -0.1) is 0 Å². The molecule has 0 aromatic heterocycles. The van der Waals surface area contributed by atoms with E-state index in [1.54, 1.807) is 18.2 Å². The number of para-hydroxylation sites is 1. The van der Waals surface area contributed by atoms with Crippen LogP contribution in [0.1, 0.15) is 12.0 Å². The maximum absolute atomic E-state index is 14.0. The van der Waals surface area contributed by atoms with Crippen molar-refractivity contribution in [2.24, 2.45) is 0 Å². The lowest BCUT2D eigenvalue weighted by Crippen LogP contribution is -2.51. The highest BCUT2D eigenvalue weighted by Crippen LogP contribution is 2.20. The molecule has 7 heteroatoms. The zero-order valence-electron chi connectivity index (χ0n) is 17.9. The van der Waals surface area contributed by atoms with Gasteiger partial charge < -0.3 is 9.80 Å². The van der Waals surface area contributed by atoms with Crippen LogP contribution in [0.4, 0.5) is 14.5 Å². The van der Waals surface area contributed by atoms with Gasteiger partial charge in [0.25, 0.3) is 0 Å². The normalized spacial score (nSPS) is 18.8. The second-order valence-corrected chi connectivity index (χ2v) is 8.32. The van der Waals surface area contributed by atoms with Gasteiger partial charge in [-0.25, -0.2) is 8.78 Å². The molecule has 1 amide bonds. The van der Waals surface area contributed by atoms with Crippen molar-refractivity contribution in [1.82, 2.24) is 14.7 Å². The van der Waals surface area contributed by atoms with Crippen LogP contribution in [-0.2, 0) is 11.3 Å². The maximum Gasteiger partial charge on any atom is 0.236 e. The largest absolute Gasteiger partial charge is 0.366 e. The summed E-state index contributed by atoms with van der Waals surface area (Å²) in [6.07, 6.45) is 0.961. The summed E-state index contributed by atoms with van der Waals surface area (Å²) >= 11 is 0. The van der Waals surface area contributed by atoms with Crippen molar-refractivity contribution in [3.8, 4) is 0 Å². The van der Waals surface area contributed by atoms with E-state index in [9.17, 15) is 13.6 Å². The molecule has 0 unspecified atom stereocenters. The van der Waals surface area contributed by atoms with Gasteiger partial charge in [0.2, 0.25) is 5.91 Å². The molecule has 31 heavy (non-hydrogen) atoms. The molecule has 2 aromatic rings. The Morgan fingerprint density at radius 3 is 2.13 bits per heavy atom. The Morgan fingerprint density at radius 2 is 1.39 bits per heavy atom. The molecular formula is C24H30F2N4O. The molecule has 0 saturated carbocycles. The lowest BCUT2D eigenvalue weighted by atomic mass is 10.2. The first-order valence-electron chi connectivity index (χ1n) is 11.1. The number of benzene rings is 2. The number of rotatable bonds is 5. The van der Waals surface area contributed by atoms with E-state index in [1.165, 1.54) is 12.1 Å². The number of carbonyl (C=O) groups excluding carboxylic acids is 1. The number of hydrogen-bond donors (Lipinski definition) is 0. The van der Waals surface area contributed by atoms with Crippen LogP contribution < -0.4 is 4.90 Å². The first-order chi connectivity index (χ1) is 15.1. The summed E-state index contributed by atoms with van der Waals surface area (Å²) in [5.74, 6) is -0.240. The lowest BCUT2D eigenvalue weighted by molar-refractivity contribution is -0.132. The van der Waals surface area contributed by atoms with Gasteiger partial charge in [0.05, 0.1) is 12.2 Å². The minimum atomic E-state index is -0.216. The van der Waals surface area contributed by atoms with Crippen LogP contribution in [0.25, 0.3) is 0 Å². The van der Waals surface area contributed by atoms with Gasteiger partial charge in [-0.3, -0.25) is 14.6 Å². The Balaban J connectivity index is 1.24. The summed E-state index contributed by atoms with van der Waals surface area (Å²) in [6.45, 7) is 6.92. The van der Waals surface area contributed by atoms with Crippen LogP contribution in [0.2, 0.25) is 0 Å². The molecule has 0 radical (unpaired) electrons. The molecule has 0 bridgehead atoms. The Labute approximate surface area is 182 Å². The molecule has 0 N–H and O–H groups in total. The number of amides is 1. The molecule has 2 fully saturated rings. The van der Waals surface area contributed by atoms with Gasteiger partial charge in [-0.1, -0.05) is 30.3 Å². The average Bonchev–Trinajstić information content (AvgIpc) is 3.01. The van der Waals surface area contributed by atoms with Crippen molar-refractivity contribution in [3.63, 3.8) is 0 Å². The third-order valence-electron chi connectivity index (χ3n) is 6.22. The van der Waals surface area contributed by atoms with Gasteiger partial charge in [-0.05, 0) is 37.7 Å². The van der Waals surface area contributed by atoms with Gasteiger partial charge in [-0.2, -0.15) is 0 Å². The number of halogens is 2. The van der Waals surface area contributed by atoms with Gasteiger partial charge in [0.1, 0.15) is 11.6 Å². The summed E-state index contributed by atoms with van der Waals surface area (Å²) in [6, 6.07) is 13.7. The van der Waals surface area contributed by atoms with Crippen LogP contribution in [0, 0.1) is 11.6 Å². The van der Waals surface area contributed by atoms with Crippen LogP contribution in [0.15, 0.2) is 48.5 Å². The molecule has 0 spiro atoms. The summed E-state index contributed by atoms with van der Waals surface area (Å²) < 4.78 is 28.0. The summed E-state index contributed by atoms with van der Waals surface area (Å²) in [5, 5.41) is 0. The Hall–Kier alpha value is -2.51. The zero-order chi connectivity index (χ0) is 21.6. The maximum atomic E-state index is 14.0. The molecule has 0 aliphatic carbocycles. The van der Waals surface area contributed by atoms with Crippen molar-refractivity contribution >= 4 is 11.6 Å². The fourth-order valence-electron chi connectivity index (χ4n) is 4.40. The Morgan fingerprint density at radius 1 is 0.742 bits per heavy atom. The van der Waals surface area contributed by atoms with Crippen LogP contribution in [0.5, 0.6) is 0 Å². The summed E-state index contributed by atoms with van der Waals surface area (Å²) in [4.78, 5) is 21.2. The monoisotopic (exact) mass is 428 g/mol. The molecule has 5 nitrogen and oxygen atoms in total. The third-order valence-corrected chi connectivity index (χ3v) is 6.22. The fraction of sp³-hybridized carbons (Fsp3) is 0.458. The highest BCUT2D eigenvalue weighted by Gasteiger charge is 2.25. The lowest BCUT2D eigenvalue weighted by Gasteiger charge is -2.37. The molecule has 2 aliphatic rings. The van der Waals surface area contributed by atoms with Crippen LogP contribution >= 0.6 is 0 Å². The number of hydrogen-bond acceptors (Lipinski definition) is 4. The SMILES string of the molecule is O=C(CN1CCCN(Cc2ccccc2F)CC1)N1CCN(c2ccccc2F)CC1. The highest BCUT2D eigenvalue weighted by molar-refractivity contribution is 5.78. The smallest absolute Gasteiger partial charge is 0.236 e. The molecule has 2 aliphatic heterocycles. The molecule has 0 atom stereocenters. The Kier molecular flexibility index (Phi) is 7.14. The molecule has 2 heterocycles. The van der Waals surface area contributed by atoms with Crippen molar-refractivity contribution in [1.29, 1.82) is 0 Å². The second kappa shape index (κ2) is 10.2. The fourth-order valence-corrected chi connectivity index (χ4v) is 4.40. The average molecular weight is 429 g/mol. The first-order valence-corrected chi connectivity index (χ1v) is 11.1.